The molecule has 0 fully saturated rings. The number of sulfonamides is 1. The van der Waals surface area contributed by atoms with Gasteiger partial charge in [-0.1, -0.05) is 25.9 Å². The van der Waals surface area contributed by atoms with E-state index < -0.39 is 10.0 Å². The van der Waals surface area contributed by atoms with E-state index in [9.17, 15) is 13.2 Å². The van der Waals surface area contributed by atoms with Crippen LogP contribution in [0.5, 0.6) is 0 Å². The van der Waals surface area contributed by atoms with Crippen molar-refractivity contribution in [3.63, 3.8) is 0 Å². The molecule has 0 radical (unpaired) electrons. The summed E-state index contributed by atoms with van der Waals surface area (Å²) in [7, 11) is -0.492. The van der Waals surface area contributed by atoms with Crippen LogP contribution in [0.15, 0.2) is 38.7 Å². The lowest BCUT2D eigenvalue weighted by atomic mass is 9.90. The number of nitrogens with one attached hydrogen (secondary N) is 1. The van der Waals surface area contributed by atoms with Gasteiger partial charge in [0, 0.05) is 31.6 Å². The minimum absolute atomic E-state index is 0.0736. The molecule has 0 aliphatic carbocycles. The molecule has 3 aromatic rings. The Kier molecular flexibility index (Phi) is 4.32. The lowest BCUT2D eigenvalue weighted by molar-refractivity contribution is 0.393. The fourth-order valence-electron chi connectivity index (χ4n) is 2.91. The Morgan fingerprint density at radius 2 is 1.81 bits per heavy atom. The quantitative estimate of drug-likeness (QED) is 0.744. The van der Waals surface area contributed by atoms with E-state index in [0.29, 0.717) is 22.3 Å². The number of imidazole rings is 1. The summed E-state index contributed by atoms with van der Waals surface area (Å²) in [4.78, 5) is 12.1. The molecule has 0 saturated heterocycles. The van der Waals surface area contributed by atoms with E-state index >= 15 is 0 Å². The molecule has 0 spiro atoms. The second kappa shape index (κ2) is 6.10. The van der Waals surface area contributed by atoms with Crippen LogP contribution in [-0.4, -0.2) is 22.7 Å². The highest BCUT2D eigenvalue weighted by Gasteiger charge is 2.24. The van der Waals surface area contributed by atoms with Crippen molar-refractivity contribution in [2.45, 2.75) is 37.6 Å². The Morgan fingerprint density at radius 3 is 2.46 bits per heavy atom. The standard InChI is InChI=1S/C17H22N4O4S/c1-17(2,3)15-11(10-25-19-15)9-18-26(23,24)12-6-7-13-14(8-12)21(5)16(22)20(13)4/h6-8,10,18H,9H2,1-5H3. The minimum atomic E-state index is -3.75. The van der Waals surface area contributed by atoms with Gasteiger partial charge in [-0.05, 0) is 18.2 Å². The molecule has 1 N–H and O–H groups in total. The van der Waals surface area contributed by atoms with Gasteiger partial charge in [-0.2, -0.15) is 0 Å². The fraction of sp³-hybridized carbons (Fsp3) is 0.412. The fourth-order valence-corrected chi connectivity index (χ4v) is 3.94. The maximum atomic E-state index is 12.7. The average molecular weight is 378 g/mol. The molecule has 2 heterocycles. The molecule has 3 rings (SSSR count). The second-order valence-corrected chi connectivity index (χ2v) is 9.08. The van der Waals surface area contributed by atoms with Gasteiger partial charge in [-0.25, -0.2) is 17.9 Å². The summed E-state index contributed by atoms with van der Waals surface area (Å²) >= 11 is 0. The average Bonchev–Trinajstić information content (AvgIpc) is 3.13. The summed E-state index contributed by atoms with van der Waals surface area (Å²) in [5, 5.41) is 3.98. The van der Waals surface area contributed by atoms with Crippen LogP contribution in [0.1, 0.15) is 32.0 Å². The van der Waals surface area contributed by atoms with E-state index in [1.165, 1.54) is 27.5 Å². The molecule has 0 aliphatic rings. The Balaban J connectivity index is 1.92. The monoisotopic (exact) mass is 378 g/mol. The number of aromatic nitrogens is 3. The van der Waals surface area contributed by atoms with E-state index in [0.717, 1.165) is 0 Å². The number of hydrogen-bond donors (Lipinski definition) is 1. The highest BCUT2D eigenvalue weighted by atomic mass is 32.2. The molecule has 0 saturated carbocycles. The van der Waals surface area contributed by atoms with Crippen molar-refractivity contribution in [1.29, 1.82) is 0 Å². The van der Waals surface area contributed by atoms with Crippen molar-refractivity contribution in [3.8, 4) is 0 Å². The molecule has 0 amide bonds. The van der Waals surface area contributed by atoms with Crippen molar-refractivity contribution in [2.24, 2.45) is 14.1 Å². The molecule has 8 nitrogen and oxygen atoms in total. The molecule has 2 aromatic heterocycles. The van der Waals surface area contributed by atoms with Gasteiger partial charge in [0.15, 0.2) is 0 Å². The summed E-state index contributed by atoms with van der Waals surface area (Å²) in [6.45, 7) is 6.01. The van der Waals surface area contributed by atoms with Crippen molar-refractivity contribution in [1.82, 2.24) is 19.0 Å². The van der Waals surface area contributed by atoms with Crippen LogP contribution >= 0.6 is 0 Å². The van der Waals surface area contributed by atoms with Crippen molar-refractivity contribution >= 4 is 21.1 Å². The predicted octanol–water partition coefficient (Wildman–Crippen LogP) is 1.64. The van der Waals surface area contributed by atoms with Crippen molar-refractivity contribution in [2.75, 3.05) is 0 Å². The van der Waals surface area contributed by atoms with Crippen LogP contribution in [-0.2, 0) is 36.1 Å². The van der Waals surface area contributed by atoms with E-state index in [2.05, 4.69) is 9.88 Å². The minimum Gasteiger partial charge on any atom is -0.364 e. The first kappa shape index (κ1) is 18.4. The van der Waals surface area contributed by atoms with Crippen LogP contribution < -0.4 is 10.4 Å². The number of aryl methyl sites for hydroxylation is 2. The van der Waals surface area contributed by atoms with E-state index in [4.69, 9.17) is 4.52 Å². The first-order valence-electron chi connectivity index (χ1n) is 8.11. The molecule has 0 bridgehead atoms. The van der Waals surface area contributed by atoms with E-state index in [1.807, 2.05) is 20.8 Å². The number of nitrogens with zero attached hydrogens (tertiary/aromatic N) is 3. The Hall–Kier alpha value is -2.39. The maximum Gasteiger partial charge on any atom is 0.328 e. The predicted molar refractivity (Wildman–Crippen MR) is 97.4 cm³/mol. The molecular weight excluding hydrogens is 356 g/mol. The van der Waals surface area contributed by atoms with Crippen LogP contribution in [0.4, 0.5) is 0 Å². The summed E-state index contributed by atoms with van der Waals surface area (Å²) in [6, 6.07) is 4.62. The first-order valence-corrected chi connectivity index (χ1v) is 9.59. The largest absolute Gasteiger partial charge is 0.364 e. The zero-order valence-electron chi connectivity index (χ0n) is 15.4. The number of benzene rings is 1. The van der Waals surface area contributed by atoms with Gasteiger partial charge in [0.2, 0.25) is 10.0 Å². The first-order chi connectivity index (χ1) is 12.0. The zero-order valence-corrected chi connectivity index (χ0v) is 16.2. The summed E-state index contributed by atoms with van der Waals surface area (Å²) < 4.78 is 35.8. The lowest BCUT2D eigenvalue weighted by Gasteiger charge is -2.16. The third kappa shape index (κ3) is 3.08. The smallest absolute Gasteiger partial charge is 0.328 e. The van der Waals surface area contributed by atoms with Crippen molar-refractivity contribution < 1.29 is 12.9 Å². The van der Waals surface area contributed by atoms with Gasteiger partial charge in [-0.3, -0.25) is 9.13 Å². The molecule has 0 aliphatic heterocycles. The molecule has 0 atom stereocenters. The van der Waals surface area contributed by atoms with Gasteiger partial charge >= 0.3 is 5.69 Å². The molecule has 0 unspecified atom stereocenters. The summed E-state index contributed by atoms with van der Waals surface area (Å²) in [5.41, 5.74) is 2.16. The number of fused-ring (bicyclic) bond motifs is 1. The van der Waals surface area contributed by atoms with E-state index in [-0.39, 0.29) is 22.5 Å². The maximum absolute atomic E-state index is 12.7. The van der Waals surface area contributed by atoms with E-state index in [1.54, 1.807) is 20.2 Å². The molecular formula is C17H22N4O4S. The highest BCUT2D eigenvalue weighted by Crippen LogP contribution is 2.25. The SMILES string of the molecule is Cn1c(=O)n(C)c2cc(S(=O)(=O)NCc3conc3C(C)(C)C)ccc21. The van der Waals surface area contributed by atoms with Gasteiger partial charge in [0.05, 0.1) is 21.6 Å². The van der Waals surface area contributed by atoms with Gasteiger partial charge in [0.1, 0.15) is 6.26 Å². The molecule has 1 aromatic carbocycles. The molecule has 140 valence electrons. The third-order valence-corrected chi connectivity index (χ3v) is 5.76. The van der Waals surface area contributed by atoms with Crippen molar-refractivity contribution in [3.05, 3.63) is 46.2 Å². The van der Waals surface area contributed by atoms with Crippen LogP contribution in [0.2, 0.25) is 0 Å². The topological polar surface area (TPSA) is 99.1 Å². The van der Waals surface area contributed by atoms with Gasteiger partial charge < -0.3 is 4.52 Å². The Morgan fingerprint density at radius 1 is 1.15 bits per heavy atom. The highest BCUT2D eigenvalue weighted by molar-refractivity contribution is 7.89. The Bertz CT molecular complexity index is 1130. The van der Waals surface area contributed by atoms with Crippen LogP contribution in [0, 0.1) is 0 Å². The molecule has 26 heavy (non-hydrogen) atoms. The second-order valence-electron chi connectivity index (χ2n) is 7.31. The zero-order chi connectivity index (χ0) is 19.3. The number of rotatable bonds is 4. The third-order valence-electron chi connectivity index (χ3n) is 4.36. The normalized spacial score (nSPS) is 12.8. The number of hydrogen-bond acceptors (Lipinski definition) is 5. The lowest BCUT2D eigenvalue weighted by Crippen LogP contribution is -2.25. The van der Waals surface area contributed by atoms with Gasteiger partial charge in [0.25, 0.3) is 0 Å². The summed E-state index contributed by atoms with van der Waals surface area (Å²) in [6.07, 6.45) is 1.45. The van der Waals surface area contributed by atoms with Crippen LogP contribution in [0.3, 0.4) is 0 Å². The van der Waals surface area contributed by atoms with Gasteiger partial charge in [-0.15, -0.1) is 0 Å². The Labute approximate surface area is 151 Å². The summed E-state index contributed by atoms with van der Waals surface area (Å²) in [5.74, 6) is 0. The van der Waals surface area contributed by atoms with Crippen LogP contribution in [0.25, 0.3) is 11.0 Å². The molecule has 9 heteroatoms.